The lowest BCUT2D eigenvalue weighted by Gasteiger charge is -2.28. The molecule has 3 aliphatic rings. The molecule has 11 nitrogen and oxygen atoms in total. The van der Waals surface area contributed by atoms with Crippen molar-refractivity contribution in [2.75, 3.05) is 13.1 Å². The minimum Gasteiger partial charge on any atom is -0.444 e. The lowest BCUT2D eigenvalue weighted by Crippen LogP contribution is -2.38. The summed E-state index contributed by atoms with van der Waals surface area (Å²) in [5.74, 6) is 7.82. The maximum Gasteiger partial charge on any atom is 0.411 e. The number of hydrogen-bond acceptors (Lipinski definition) is 7. The maximum absolute atomic E-state index is 13.1. The van der Waals surface area contributed by atoms with Crippen molar-refractivity contribution in [2.24, 2.45) is 5.41 Å². The van der Waals surface area contributed by atoms with Crippen LogP contribution in [0.3, 0.4) is 0 Å². The summed E-state index contributed by atoms with van der Waals surface area (Å²) in [6, 6.07) is 13.0. The van der Waals surface area contributed by atoms with E-state index in [0.29, 0.717) is 25.3 Å². The molecule has 0 bridgehead atoms. The van der Waals surface area contributed by atoms with Crippen LogP contribution in [0.25, 0.3) is 22.3 Å². The number of ether oxygens (including phenoxy) is 2. The second-order valence-electron chi connectivity index (χ2n) is 15.7. The number of aromatic nitrogens is 4. The quantitative estimate of drug-likeness (QED) is 0.204. The number of H-pyrrole nitrogens is 2. The Labute approximate surface area is 286 Å². The topological polar surface area (TPSA) is 137 Å². The van der Waals surface area contributed by atoms with Crippen molar-refractivity contribution in [3.63, 3.8) is 0 Å². The number of likely N-dealkylation sites (tertiary alicyclic amines) is 2. The van der Waals surface area contributed by atoms with Crippen LogP contribution >= 0.6 is 0 Å². The van der Waals surface area contributed by atoms with Gasteiger partial charge >= 0.3 is 12.2 Å². The molecule has 1 spiro atoms. The fourth-order valence-electron chi connectivity index (χ4n) is 6.76. The highest BCUT2D eigenvalue weighted by atomic mass is 16.6. The molecule has 3 fully saturated rings. The van der Waals surface area contributed by atoms with Gasteiger partial charge in [0.1, 0.15) is 28.9 Å². The van der Waals surface area contributed by atoms with E-state index in [1.165, 1.54) is 4.90 Å². The van der Waals surface area contributed by atoms with Crippen molar-refractivity contribution in [1.82, 2.24) is 29.7 Å². The van der Waals surface area contributed by atoms with E-state index in [0.717, 1.165) is 58.5 Å². The van der Waals surface area contributed by atoms with Crippen molar-refractivity contribution < 1.29 is 24.2 Å². The van der Waals surface area contributed by atoms with Gasteiger partial charge in [-0.1, -0.05) is 24.0 Å². The van der Waals surface area contributed by atoms with Gasteiger partial charge in [-0.15, -0.1) is 0 Å². The van der Waals surface area contributed by atoms with Gasteiger partial charge in [0.25, 0.3) is 0 Å². The zero-order chi connectivity index (χ0) is 34.7. The molecule has 4 heterocycles. The normalized spacial score (nSPS) is 21.6. The van der Waals surface area contributed by atoms with E-state index in [2.05, 4.69) is 26.8 Å². The summed E-state index contributed by atoms with van der Waals surface area (Å²) < 4.78 is 11.3. The standard InChI is InChI=1S/C38H44N6O5/c1-36(2,3)48-34(46)43-18-15-30(45)31(43)33-39-21-28(42-33)25-12-9-23(10-13-25)7-8-24-11-14-26-27(19-24)41-32(40-26)29-20-38(16-17-38)22-44(29)35(47)49-37(4,5)6/h9-14,19,21,29-31,45H,15-18,20,22H2,1-6H3,(H,39,42)(H,40,41)/t29-,30+,31-/m0/s1. The molecule has 2 amide bonds. The van der Waals surface area contributed by atoms with Crippen molar-refractivity contribution >= 4 is 23.2 Å². The zero-order valence-corrected chi connectivity index (χ0v) is 29.0. The van der Waals surface area contributed by atoms with E-state index < -0.39 is 29.4 Å². The molecule has 4 aromatic rings. The third-order valence-corrected chi connectivity index (χ3v) is 9.33. The van der Waals surface area contributed by atoms with Gasteiger partial charge in [-0.3, -0.25) is 9.80 Å². The van der Waals surface area contributed by atoms with E-state index in [1.54, 1.807) is 6.20 Å². The fourth-order valence-corrected chi connectivity index (χ4v) is 6.76. The molecule has 256 valence electrons. The number of carbonyl (C=O) groups excluding carboxylic acids is 2. The Hall–Kier alpha value is -4.82. The second kappa shape index (κ2) is 11.9. The summed E-state index contributed by atoms with van der Waals surface area (Å²) in [5.41, 5.74) is 4.10. The Balaban J connectivity index is 1.04. The summed E-state index contributed by atoms with van der Waals surface area (Å²) in [6.45, 7) is 12.2. The Morgan fingerprint density at radius 1 is 0.898 bits per heavy atom. The number of nitrogens with one attached hydrogen (secondary N) is 2. The Bertz CT molecular complexity index is 1950. The molecule has 1 aliphatic carbocycles. The van der Waals surface area contributed by atoms with E-state index in [-0.39, 0.29) is 17.6 Å². The number of imidazole rings is 2. The first-order valence-electron chi connectivity index (χ1n) is 17.0. The van der Waals surface area contributed by atoms with Crippen LogP contribution < -0.4 is 0 Å². The third kappa shape index (κ3) is 7.01. The predicted octanol–water partition coefficient (Wildman–Crippen LogP) is 6.86. The van der Waals surface area contributed by atoms with Crippen LogP contribution in [-0.2, 0) is 9.47 Å². The molecule has 1 saturated carbocycles. The number of benzene rings is 2. The van der Waals surface area contributed by atoms with Crippen LogP contribution in [0, 0.1) is 17.3 Å². The first kappa shape index (κ1) is 32.7. The molecule has 2 aliphatic heterocycles. The van der Waals surface area contributed by atoms with E-state index in [1.807, 2.05) is 88.9 Å². The van der Waals surface area contributed by atoms with Crippen LogP contribution in [-0.4, -0.2) is 77.4 Å². The number of amides is 2. The van der Waals surface area contributed by atoms with Crippen molar-refractivity contribution in [1.29, 1.82) is 0 Å². The molecular weight excluding hydrogens is 620 g/mol. The van der Waals surface area contributed by atoms with Crippen molar-refractivity contribution in [3.8, 4) is 23.1 Å². The van der Waals surface area contributed by atoms with Gasteiger partial charge in [0.05, 0.1) is 35.1 Å². The molecule has 7 rings (SSSR count). The molecule has 2 aromatic heterocycles. The molecule has 3 atom stereocenters. The highest BCUT2D eigenvalue weighted by Crippen LogP contribution is 2.58. The number of hydrogen-bond donors (Lipinski definition) is 3. The highest BCUT2D eigenvalue weighted by molar-refractivity contribution is 5.78. The van der Waals surface area contributed by atoms with E-state index in [9.17, 15) is 14.7 Å². The summed E-state index contributed by atoms with van der Waals surface area (Å²) >= 11 is 0. The fraction of sp³-hybridized carbons (Fsp3) is 0.474. The number of nitrogens with zero attached hydrogens (tertiary/aromatic N) is 4. The van der Waals surface area contributed by atoms with Crippen LogP contribution in [0.15, 0.2) is 48.7 Å². The van der Waals surface area contributed by atoms with Crippen LogP contribution in [0.1, 0.15) is 102 Å². The summed E-state index contributed by atoms with van der Waals surface area (Å²) in [6.07, 6.45) is 3.83. The third-order valence-electron chi connectivity index (χ3n) is 9.33. The highest BCUT2D eigenvalue weighted by Gasteiger charge is 2.55. The Morgan fingerprint density at radius 3 is 2.22 bits per heavy atom. The van der Waals surface area contributed by atoms with Crippen molar-refractivity contribution in [3.05, 3.63) is 71.4 Å². The average molecular weight is 665 g/mol. The first-order chi connectivity index (χ1) is 23.2. The predicted molar refractivity (Wildman–Crippen MR) is 184 cm³/mol. The van der Waals surface area contributed by atoms with E-state index >= 15 is 0 Å². The lowest BCUT2D eigenvalue weighted by molar-refractivity contribution is 0.0141. The molecular formula is C38H44N6O5. The van der Waals surface area contributed by atoms with Gasteiger partial charge in [0.15, 0.2) is 0 Å². The molecule has 2 aromatic carbocycles. The Kier molecular flexibility index (Phi) is 7.98. The maximum atomic E-state index is 13.1. The Morgan fingerprint density at radius 2 is 1.55 bits per heavy atom. The minimum atomic E-state index is -0.735. The van der Waals surface area contributed by atoms with Gasteiger partial charge in [-0.2, -0.15) is 0 Å². The number of aromatic amines is 2. The number of fused-ring (bicyclic) bond motifs is 1. The SMILES string of the molecule is CC(C)(C)OC(=O)N1CC[C@@H](O)[C@H]1c1ncc(-c2ccc(C#Cc3ccc4nc([C@@H]5CC6(CC6)CN5C(=O)OC(C)(C)C)[nH]c4c3)cc2)[nH]1. The number of rotatable bonds is 3. The van der Waals surface area contributed by atoms with Crippen LogP contribution in [0.2, 0.25) is 0 Å². The van der Waals surface area contributed by atoms with Gasteiger partial charge in [-0.25, -0.2) is 19.6 Å². The van der Waals surface area contributed by atoms with Crippen LogP contribution in [0.5, 0.6) is 0 Å². The molecule has 3 N–H and O–H groups in total. The lowest BCUT2D eigenvalue weighted by atomic mass is 10.0. The van der Waals surface area contributed by atoms with Gasteiger partial charge in [0.2, 0.25) is 0 Å². The first-order valence-corrected chi connectivity index (χ1v) is 17.0. The minimum absolute atomic E-state index is 0.143. The molecule has 0 unspecified atom stereocenters. The number of carbonyl (C=O) groups is 2. The largest absolute Gasteiger partial charge is 0.444 e. The molecule has 11 heteroatoms. The second-order valence-corrected chi connectivity index (χ2v) is 15.7. The molecule has 49 heavy (non-hydrogen) atoms. The zero-order valence-electron chi connectivity index (χ0n) is 29.0. The number of aliphatic hydroxyl groups excluding tert-OH is 1. The molecule has 2 saturated heterocycles. The van der Waals surface area contributed by atoms with Gasteiger partial charge in [0, 0.05) is 24.2 Å². The monoisotopic (exact) mass is 664 g/mol. The number of aliphatic hydroxyl groups is 1. The van der Waals surface area contributed by atoms with E-state index in [4.69, 9.17) is 14.5 Å². The molecule has 0 radical (unpaired) electrons. The summed E-state index contributed by atoms with van der Waals surface area (Å²) in [7, 11) is 0. The van der Waals surface area contributed by atoms with Gasteiger partial charge < -0.3 is 24.5 Å². The smallest absolute Gasteiger partial charge is 0.411 e. The summed E-state index contributed by atoms with van der Waals surface area (Å²) in [4.78, 5) is 45.4. The van der Waals surface area contributed by atoms with Crippen molar-refractivity contribution in [2.45, 2.75) is 96.6 Å². The van der Waals surface area contributed by atoms with Gasteiger partial charge in [-0.05, 0) is 109 Å². The van der Waals surface area contributed by atoms with Crippen LogP contribution in [0.4, 0.5) is 9.59 Å². The average Bonchev–Trinajstić information content (AvgIpc) is 3.44. The summed E-state index contributed by atoms with van der Waals surface area (Å²) in [5, 5.41) is 10.7.